The molecule has 0 bridgehead atoms. The third-order valence-electron chi connectivity index (χ3n) is 2.42. The highest BCUT2D eigenvalue weighted by atomic mass is 19.4. The maximum absolute atomic E-state index is 12.4. The average molecular weight is 237 g/mol. The van der Waals surface area contributed by atoms with E-state index < -0.39 is 11.7 Å². The van der Waals surface area contributed by atoms with Gasteiger partial charge in [-0.3, -0.25) is 4.98 Å². The van der Waals surface area contributed by atoms with E-state index >= 15 is 0 Å². The van der Waals surface area contributed by atoms with Gasteiger partial charge in [0.1, 0.15) is 0 Å². The zero-order chi connectivity index (χ0) is 12.5. The van der Waals surface area contributed by atoms with Crippen molar-refractivity contribution in [3.63, 3.8) is 0 Å². The Kier molecular flexibility index (Phi) is 2.88. The fraction of sp³-hybridized carbons (Fsp3) is 0.154. The monoisotopic (exact) mass is 237 g/mol. The number of aromatic nitrogens is 1. The zero-order valence-corrected chi connectivity index (χ0v) is 9.12. The second kappa shape index (κ2) is 4.20. The number of hydrogen-bond donors (Lipinski definition) is 0. The fourth-order valence-electron chi connectivity index (χ4n) is 1.56. The molecule has 2 aromatic rings. The molecule has 17 heavy (non-hydrogen) atoms. The van der Waals surface area contributed by atoms with E-state index in [1.54, 1.807) is 12.4 Å². The second-order valence-corrected chi connectivity index (χ2v) is 3.83. The molecule has 1 nitrogen and oxygen atoms in total. The first-order chi connectivity index (χ1) is 7.97. The third kappa shape index (κ3) is 2.64. The number of hydrogen-bond acceptors (Lipinski definition) is 1. The zero-order valence-electron chi connectivity index (χ0n) is 9.12. The van der Waals surface area contributed by atoms with Gasteiger partial charge in [-0.1, -0.05) is 12.1 Å². The predicted molar refractivity (Wildman–Crippen MR) is 59.4 cm³/mol. The number of aryl methyl sites for hydroxylation is 1. The van der Waals surface area contributed by atoms with Crippen molar-refractivity contribution in [3.05, 3.63) is 53.9 Å². The van der Waals surface area contributed by atoms with Gasteiger partial charge in [0, 0.05) is 18.0 Å². The van der Waals surface area contributed by atoms with Gasteiger partial charge in [-0.25, -0.2) is 0 Å². The van der Waals surface area contributed by atoms with Crippen LogP contribution in [0.5, 0.6) is 0 Å². The minimum Gasteiger partial charge on any atom is -0.264 e. The van der Waals surface area contributed by atoms with Crippen LogP contribution in [-0.4, -0.2) is 4.98 Å². The normalized spacial score (nSPS) is 11.5. The van der Waals surface area contributed by atoms with E-state index in [2.05, 4.69) is 4.98 Å². The van der Waals surface area contributed by atoms with Gasteiger partial charge in [0.25, 0.3) is 0 Å². The minimum atomic E-state index is -4.29. The second-order valence-electron chi connectivity index (χ2n) is 3.83. The predicted octanol–water partition coefficient (Wildman–Crippen LogP) is 4.08. The van der Waals surface area contributed by atoms with Crippen LogP contribution in [0, 0.1) is 6.92 Å². The van der Waals surface area contributed by atoms with Gasteiger partial charge < -0.3 is 0 Å². The summed E-state index contributed by atoms with van der Waals surface area (Å²) < 4.78 is 37.1. The topological polar surface area (TPSA) is 12.9 Å². The van der Waals surface area contributed by atoms with Crippen LogP contribution in [0.1, 0.15) is 11.1 Å². The first kappa shape index (κ1) is 11.6. The van der Waals surface area contributed by atoms with Gasteiger partial charge in [-0.2, -0.15) is 13.2 Å². The molecule has 4 heteroatoms. The lowest BCUT2D eigenvalue weighted by molar-refractivity contribution is -0.137. The Balaban J connectivity index is 2.36. The van der Waals surface area contributed by atoms with E-state index in [-0.39, 0.29) is 0 Å². The van der Waals surface area contributed by atoms with E-state index in [0.717, 1.165) is 28.8 Å². The Morgan fingerprint density at radius 2 is 1.59 bits per heavy atom. The molecule has 1 heterocycles. The largest absolute Gasteiger partial charge is 0.416 e. The molecule has 0 aliphatic heterocycles. The molecule has 0 radical (unpaired) electrons. The molecule has 2 rings (SSSR count). The lowest BCUT2D eigenvalue weighted by Crippen LogP contribution is -2.03. The summed E-state index contributed by atoms with van der Waals surface area (Å²) >= 11 is 0. The maximum Gasteiger partial charge on any atom is 0.416 e. The summed E-state index contributed by atoms with van der Waals surface area (Å²) in [5.74, 6) is 0. The summed E-state index contributed by atoms with van der Waals surface area (Å²) in [5, 5.41) is 0. The van der Waals surface area contributed by atoms with Gasteiger partial charge in [0.05, 0.1) is 5.56 Å². The van der Waals surface area contributed by atoms with Gasteiger partial charge >= 0.3 is 6.18 Å². The van der Waals surface area contributed by atoms with Crippen molar-refractivity contribution in [3.8, 4) is 11.1 Å². The summed E-state index contributed by atoms with van der Waals surface area (Å²) in [5.41, 5.74) is 1.89. The van der Waals surface area contributed by atoms with Gasteiger partial charge in [0.15, 0.2) is 0 Å². The van der Waals surface area contributed by atoms with Crippen molar-refractivity contribution in [2.45, 2.75) is 13.1 Å². The van der Waals surface area contributed by atoms with E-state index in [1.165, 1.54) is 12.1 Å². The minimum absolute atomic E-state index is 0.637. The van der Waals surface area contributed by atoms with Crippen LogP contribution in [0.2, 0.25) is 0 Å². The molecule has 0 N–H and O–H groups in total. The lowest BCUT2D eigenvalue weighted by atomic mass is 10.0. The molecule has 1 aromatic heterocycles. The van der Waals surface area contributed by atoms with Gasteiger partial charge in [0.2, 0.25) is 0 Å². The highest BCUT2D eigenvalue weighted by Crippen LogP contribution is 2.30. The quantitative estimate of drug-likeness (QED) is 0.728. The smallest absolute Gasteiger partial charge is 0.264 e. The summed E-state index contributed by atoms with van der Waals surface area (Å²) in [4.78, 5) is 4.01. The summed E-state index contributed by atoms with van der Waals surface area (Å²) in [7, 11) is 0. The van der Waals surface area contributed by atoms with E-state index in [1.807, 2.05) is 13.0 Å². The Morgan fingerprint density at radius 1 is 0.941 bits per heavy atom. The third-order valence-corrected chi connectivity index (χ3v) is 2.42. The molecule has 0 atom stereocenters. The van der Waals surface area contributed by atoms with Crippen LogP contribution in [0.3, 0.4) is 0 Å². The molecule has 0 fully saturated rings. The Bertz CT molecular complexity index is 515. The number of alkyl halides is 3. The SMILES string of the molecule is Cc1cncc(-c2ccc(C(F)(F)F)cc2)c1. The van der Waals surface area contributed by atoms with Crippen molar-refractivity contribution >= 4 is 0 Å². The van der Waals surface area contributed by atoms with E-state index in [0.29, 0.717) is 0 Å². The molecule has 0 amide bonds. The van der Waals surface area contributed by atoms with E-state index in [4.69, 9.17) is 0 Å². The molecule has 0 saturated heterocycles. The van der Waals surface area contributed by atoms with Crippen molar-refractivity contribution in [1.82, 2.24) is 4.98 Å². The molecule has 0 spiro atoms. The Labute approximate surface area is 96.9 Å². The van der Waals surface area contributed by atoms with Crippen molar-refractivity contribution in [2.75, 3.05) is 0 Å². The molecule has 1 aromatic carbocycles. The molecule has 88 valence electrons. The summed E-state index contributed by atoms with van der Waals surface area (Å²) in [6.07, 6.45) is -0.952. The van der Waals surface area contributed by atoms with E-state index in [9.17, 15) is 13.2 Å². The van der Waals surface area contributed by atoms with Gasteiger partial charge in [-0.05, 0) is 36.2 Å². The lowest BCUT2D eigenvalue weighted by Gasteiger charge is -2.07. The first-order valence-electron chi connectivity index (χ1n) is 5.06. The fourth-order valence-corrected chi connectivity index (χ4v) is 1.56. The number of benzene rings is 1. The van der Waals surface area contributed by atoms with Crippen LogP contribution in [0.25, 0.3) is 11.1 Å². The van der Waals surface area contributed by atoms with Crippen LogP contribution < -0.4 is 0 Å². The van der Waals surface area contributed by atoms with Crippen molar-refractivity contribution < 1.29 is 13.2 Å². The highest BCUT2D eigenvalue weighted by Gasteiger charge is 2.29. The van der Waals surface area contributed by atoms with Crippen LogP contribution >= 0.6 is 0 Å². The molecule has 0 unspecified atom stereocenters. The van der Waals surface area contributed by atoms with Gasteiger partial charge in [-0.15, -0.1) is 0 Å². The summed E-state index contributed by atoms with van der Waals surface area (Å²) in [6, 6.07) is 6.96. The molecular formula is C13H10F3N. The van der Waals surface area contributed by atoms with Crippen LogP contribution in [-0.2, 0) is 6.18 Å². The maximum atomic E-state index is 12.4. The average Bonchev–Trinajstić information content (AvgIpc) is 2.28. The van der Waals surface area contributed by atoms with Crippen LogP contribution in [0.15, 0.2) is 42.7 Å². The first-order valence-corrected chi connectivity index (χ1v) is 5.06. The molecule has 0 aliphatic carbocycles. The number of halogens is 3. The molecule has 0 saturated carbocycles. The van der Waals surface area contributed by atoms with Crippen LogP contribution in [0.4, 0.5) is 13.2 Å². The summed E-state index contributed by atoms with van der Waals surface area (Å²) in [6.45, 7) is 1.89. The molecular weight excluding hydrogens is 227 g/mol. The highest BCUT2D eigenvalue weighted by molar-refractivity contribution is 5.63. The number of pyridine rings is 1. The number of rotatable bonds is 1. The molecule has 0 aliphatic rings. The Morgan fingerprint density at radius 3 is 2.12 bits per heavy atom. The van der Waals surface area contributed by atoms with Crippen molar-refractivity contribution in [2.24, 2.45) is 0 Å². The standard InChI is InChI=1S/C13H10F3N/c1-9-6-11(8-17-7-9)10-2-4-12(5-3-10)13(14,15)16/h2-8H,1H3. The number of nitrogens with zero attached hydrogens (tertiary/aromatic N) is 1. The Hall–Kier alpha value is -1.84. The van der Waals surface area contributed by atoms with Crippen molar-refractivity contribution in [1.29, 1.82) is 0 Å².